The Balaban J connectivity index is 1.70. The number of carbonyl (C=O) groups excluding carboxylic acids is 2. The van der Waals surface area contributed by atoms with Crippen LogP contribution in [0.3, 0.4) is 0 Å². The Morgan fingerprint density at radius 3 is 2.77 bits per heavy atom. The van der Waals surface area contributed by atoms with E-state index in [4.69, 9.17) is 16.0 Å². The normalized spacial score (nSPS) is 10.4. The Bertz CT molecular complexity index is 939. The molecule has 0 atom stereocenters. The van der Waals surface area contributed by atoms with Gasteiger partial charge in [-0.05, 0) is 48.9 Å². The van der Waals surface area contributed by atoms with Crippen molar-refractivity contribution in [3.05, 3.63) is 82.5 Å². The molecule has 0 bridgehead atoms. The summed E-state index contributed by atoms with van der Waals surface area (Å²) in [4.78, 5) is 28.7. The Kier molecular flexibility index (Phi) is 5.34. The van der Waals surface area contributed by atoms with E-state index in [1.54, 1.807) is 36.4 Å². The maximum Gasteiger partial charge on any atom is 0.274 e. The van der Waals surface area contributed by atoms with Crippen LogP contribution in [0.2, 0.25) is 5.02 Å². The number of halogens is 1. The molecule has 2 amide bonds. The maximum atomic E-state index is 12.4. The van der Waals surface area contributed by atoms with Crippen molar-refractivity contribution in [2.45, 2.75) is 13.5 Å². The summed E-state index contributed by atoms with van der Waals surface area (Å²) >= 11 is 6.06. The summed E-state index contributed by atoms with van der Waals surface area (Å²) in [6.45, 7) is 2.07. The SMILES string of the molecule is Cc1c(Cl)cccc1NC(=O)c1cc(C(=O)NCc2ccco2)ccn1. The number of anilines is 1. The van der Waals surface area contributed by atoms with Gasteiger partial charge in [-0.15, -0.1) is 0 Å². The van der Waals surface area contributed by atoms with E-state index in [0.717, 1.165) is 5.56 Å². The van der Waals surface area contributed by atoms with Gasteiger partial charge >= 0.3 is 0 Å². The first kappa shape index (κ1) is 17.7. The molecule has 3 rings (SSSR count). The predicted octanol–water partition coefficient (Wildman–Crippen LogP) is 3.82. The minimum absolute atomic E-state index is 0.134. The number of rotatable bonds is 5. The van der Waals surface area contributed by atoms with Gasteiger partial charge < -0.3 is 15.1 Å². The molecule has 1 aromatic carbocycles. The lowest BCUT2D eigenvalue weighted by molar-refractivity contribution is 0.0948. The third kappa shape index (κ3) is 4.10. The van der Waals surface area contributed by atoms with Crippen molar-refractivity contribution in [3.8, 4) is 0 Å². The number of nitrogens with one attached hydrogen (secondary N) is 2. The average molecular weight is 370 g/mol. The highest BCUT2D eigenvalue weighted by Crippen LogP contribution is 2.23. The van der Waals surface area contributed by atoms with Gasteiger partial charge in [-0.2, -0.15) is 0 Å². The third-order valence-electron chi connectivity index (χ3n) is 3.77. The van der Waals surface area contributed by atoms with E-state index >= 15 is 0 Å². The van der Waals surface area contributed by atoms with Gasteiger partial charge in [0.15, 0.2) is 0 Å². The molecule has 0 saturated heterocycles. The number of carbonyl (C=O) groups is 2. The van der Waals surface area contributed by atoms with Crippen LogP contribution < -0.4 is 10.6 Å². The molecule has 0 aliphatic carbocycles. The zero-order chi connectivity index (χ0) is 18.5. The van der Waals surface area contributed by atoms with Crippen LogP contribution in [0.5, 0.6) is 0 Å². The molecule has 0 aliphatic heterocycles. The predicted molar refractivity (Wildman–Crippen MR) is 98.3 cm³/mol. The van der Waals surface area contributed by atoms with Crippen LogP contribution in [-0.2, 0) is 6.54 Å². The molecule has 132 valence electrons. The monoisotopic (exact) mass is 369 g/mol. The van der Waals surface area contributed by atoms with Crippen LogP contribution in [0.25, 0.3) is 0 Å². The molecule has 7 heteroatoms. The Morgan fingerprint density at radius 2 is 2.00 bits per heavy atom. The van der Waals surface area contributed by atoms with Crippen molar-refractivity contribution < 1.29 is 14.0 Å². The molecule has 0 unspecified atom stereocenters. The van der Waals surface area contributed by atoms with Gasteiger partial charge in [-0.1, -0.05) is 17.7 Å². The van der Waals surface area contributed by atoms with E-state index < -0.39 is 5.91 Å². The highest BCUT2D eigenvalue weighted by Gasteiger charge is 2.13. The Labute approximate surface area is 155 Å². The van der Waals surface area contributed by atoms with Crippen LogP contribution in [-0.4, -0.2) is 16.8 Å². The lowest BCUT2D eigenvalue weighted by Crippen LogP contribution is -2.23. The molecular weight excluding hydrogens is 354 g/mol. The number of aromatic nitrogens is 1. The zero-order valence-electron chi connectivity index (χ0n) is 14.0. The second-order valence-corrected chi connectivity index (χ2v) is 5.97. The molecule has 2 aromatic heterocycles. The van der Waals surface area contributed by atoms with E-state index in [0.29, 0.717) is 22.0 Å². The van der Waals surface area contributed by atoms with E-state index in [-0.39, 0.29) is 18.1 Å². The Hall–Kier alpha value is -3.12. The van der Waals surface area contributed by atoms with Crippen LogP contribution in [0.4, 0.5) is 5.69 Å². The minimum atomic E-state index is -0.420. The summed E-state index contributed by atoms with van der Waals surface area (Å²) in [6.07, 6.45) is 2.95. The third-order valence-corrected chi connectivity index (χ3v) is 4.18. The first-order chi connectivity index (χ1) is 12.5. The topological polar surface area (TPSA) is 84.2 Å². The number of nitrogens with zero attached hydrogens (tertiary/aromatic N) is 1. The van der Waals surface area contributed by atoms with Crippen LogP contribution in [0.15, 0.2) is 59.3 Å². The average Bonchev–Trinajstić information content (AvgIpc) is 3.17. The summed E-state index contributed by atoms with van der Waals surface area (Å²) in [5.41, 5.74) is 1.82. The maximum absolute atomic E-state index is 12.4. The van der Waals surface area contributed by atoms with Gasteiger partial charge in [0.2, 0.25) is 0 Å². The highest BCUT2D eigenvalue weighted by molar-refractivity contribution is 6.31. The van der Waals surface area contributed by atoms with Crippen molar-refractivity contribution in [3.63, 3.8) is 0 Å². The van der Waals surface area contributed by atoms with Gasteiger partial charge in [0.25, 0.3) is 11.8 Å². The quantitative estimate of drug-likeness (QED) is 0.716. The summed E-state index contributed by atoms with van der Waals surface area (Å²) in [6, 6.07) is 11.7. The zero-order valence-corrected chi connectivity index (χ0v) is 14.7. The molecule has 0 fully saturated rings. The van der Waals surface area contributed by atoms with Gasteiger partial charge in [0, 0.05) is 22.5 Å². The Morgan fingerprint density at radius 1 is 1.15 bits per heavy atom. The fourth-order valence-electron chi connectivity index (χ4n) is 2.31. The summed E-state index contributed by atoms with van der Waals surface area (Å²) < 4.78 is 5.17. The van der Waals surface area contributed by atoms with Gasteiger partial charge in [-0.3, -0.25) is 14.6 Å². The number of hydrogen-bond donors (Lipinski definition) is 2. The lowest BCUT2D eigenvalue weighted by Gasteiger charge is -2.10. The van der Waals surface area contributed by atoms with Crippen molar-refractivity contribution in [1.29, 1.82) is 0 Å². The largest absolute Gasteiger partial charge is 0.467 e. The van der Waals surface area contributed by atoms with Crippen LogP contribution in [0.1, 0.15) is 32.2 Å². The van der Waals surface area contributed by atoms with Crippen molar-refractivity contribution in [2.24, 2.45) is 0 Å². The number of amides is 2. The van der Waals surface area contributed by atoms with Gasteiger partial charge in [-0.25, -0.2) is 0 Å². The fourth-order valence-corrected chi connectivity index (χ4v) is 2.48. The summed E-state index contributed by atoms with van der Waals surface area (Å²) in [5.74, 6) is -0.102. The highest BCUT2D eigenvalue weighted by atomic mass is 35.5. The standard InChI is InChI=1S/C19H16ClN3O3/c1-12-15(20)5-2-6-16(12)23-19(25)17-10-13(7-8-21-17)18(24)22-11-14-4-3-9-26-14/h2-10H,11H2,1H3,(H,22,24)(H,23,25). The molecule has 0 saturated carbocycles. The van der Waals surface area contributed by atoms with Crippen molar-refractivity contribution in [2.75, 3.05) is 5.32 Å². The summed E-state index contributed by atoms with van der Waals surface area (Å²) in [5, 5.41) is 6.04. The molecule has 0 aliphatic rings. The van der Waals surface area contributed by atoms with E-state index in [1.165, 1.54) is 18.5 Å². The van der Waals surface area contributed by atoms with E-state index in [1.807, 2.05) is 6.92 Å². The second-order valence-electron chi connectivity index (χ2n) is 5.56. The number of hydrogen-bond acceptors (Lipinski definition) is 4. The smallest absolute Gasteiger partial charge is 0.274 e. The molecular formula is C19H16ClN3O3. The number of pyridine rings is 1. The molecule has 0 radical (unpaired) electrons. The van der Waals surface area contributed by atoms with Crippen LogP contribution in [0, 0.1) is 6.92 Å². The number of benzene rings is 1. The lowest BCUT2D eigenvalue weighted by atomic mass is 10.1. The first-order valence-corrected chi connectivity index (χ1v) is 8.25. The van der Waals surface area contributed by atoms with Gasteiger partial charge in [0.1, 0.15) is 11.5 Å². The molecule has 6 nitrogen and oxygen atoms in total. The van der Waals surface area contributed by atoms with E-state index in [2.05, 4.69) is 15.6 Å². The van der Waals surface area contributed by atoms with Crippen molar-refractivity contribution >= 4 is 29.1 Å². The second kappa shape index (κ2) is 7.84. The minimum Gasteiger partial charge on any atom is -0.467 e. The fraction of sp³-hybridized carbons (Fsp3) is 0.105. The molecule has 26 heavy (non-hydrogen) atoms. The van der Waals surface area contributed by atoms with Crippen LogP contribution >= 0.6 is 11.6 Å². The number of furan rings is 1. The molecule has 2 N–H and O–H groups in total. The van der Waals surface area contributed by atoms with Gasteiger partial charge in [0.05, 0.1) is 12.8 Å². The molecule has 0 spiro atoms. The first-order valence-electron chi connectivity index (χ1n) is 7.87. The molecule has 3 aromatic rings. The van der Waals surface area contributed by atoms with Crippen molar-refractivity contribution in [1.82, 2.24) is 10.3 Å². The molecule has 2 heterocycles. The summed E-state index contributed by atoms with van der Waals surface area (Å²) in [7, 11) is 0. The van der Waals surface area contributed by atoms with E-state index in [9.17, 15) is 9.59 Å².